The van der Waals surface area contributed by atoms with Crippen LogP contribution < -0.4 is 11.1 Å². The molecular formula is C17H17ClN2O2. The molecule has 1 aliphatic heterocycles. The summed E-state index contributed by atoms with van der Waals surface area (Å²) in [7, 11) is 0. The van der Waals surface area contributed by atoms with Crippen LogP contribution in [0.3, 0.4) is 0 Å². The van der Waals surface area contributed by atoms with Gasteiger partial charge in [0.25, 0.3) is 11.8 Å². The molecule has 1 heterocycles. The molecule has 3 rings (SSSR count). The molecule has 0 aromatic heterocycles. The number of hydrogen-bond acceptors (Lipinski definition) is 3. The highest BCUT2D eigenvalue weighted by molar-refractivity contribution is 6.22. The first-order valence-electron chi connectivity index (χ1n) is 6.90. The summed E-state index contributed by atoms with van der Waals surface area (Å²) in [6, 6.07) is 13.1. The maximum atomic E-state index is 12.0. The molecule has 2 aromatic rings. The SMILES string of the molecule is CC(Cc1ccccc1N)c1cccc2c1C(=O)NC2=O.Cl. The van der Waals surface area contributed by atoms with Crippen LogP contribution in [0.15, 0.2) is 42.5 Å². The highest BCUT2D eigenvalue weighted by Gasteiger charge is 2.30. The minimum atomic E-state index is -0.316. The Kier molecular flexibility index (Phi) is 4.52. The predicted octanol–water partition coefficient (Wildman–Crippen LogP) is 2.92. The molecular weight excluding hydrogens is 300 g/mol. The quantitative estimate of drug-likeness (QED) is 0.675. The minimum Gasteiger partial charge on any atom is -0.399 e. The Morgan fingerprint density at radius 2 is 1.77 bits per heavy atom. The molecule has 2 aromatic carbocycles. The summed E-state index contributed by atoms with van der Waals surface area (Å²) in [6.45, 7) is 2.04. The van der Waals surface area contributed by atoms with Crippen LogP contribution in [0.25, 0.3) is 0 Å². The number of fused-ring (bicyclic) bond motifs is 1. The summed E-state index contributed by atoms with van der Waals surface area (Å²) in [5.41, 5.74) is 9.63. The van der Waals surface area contributed by atoms with Crippen molar-refractivity contribution in [3.05, 3.63) is 64.7 Å². The van der Waals surface area contributed by atoms with E-state index in [0.717, 1.165) is 23.2 Å². The van der Waals surface area contributed by atoms with Crippen molar-refractivity contribution in [1.29, 1.82) is 0 Å². The molecule has 1 atom stereocenters. The smallest absolute Gasteiger partial charge is 0.259 e. The van der Waals surface area contributed by atoms with E-state index in [4.69, 9.17) is 5.73 Å². The van der Waals surface area contributed by atoms with Crippen molar-refractivity contribution in [2.75, 3.05) is 5.73 Å². The number of rotatable bonds is 3. The first-order chi connectivity index (χ1) is 10.1. The lowest BCUT2D eigenvalue weighted by atomic mass is 9.88. The van der Waals surface area contributed by atoms with Crippen molar-refractivity contribution in [3.63, 3.8) is 0 Å². The molecule has 3 N–H and O–H groups in total. The van der Waals surface area contributed by atoms with Gasteiger partial charge >= 0.3 is 0 Å². The molecule has 0 fully saturated rings. The van der Waals surface area contributed by atoms with Crippen molar-refractivity contribution in [1.82, 2.24) is 5.32 Å². The lowest BCUT2D eigenvalue weighted by molar-refractivity contribution is 0.0879. The van der Waals surface area contributed by atoms with E-state index in [1.54, 1.807) is 6.07 Å². The maximum absolute atomic E-state index is 12.0. The fourth-order valence-corrected chi connectivity index (χ4v) is 2.82. The van der Waals surface area contributed by atoms with Gasteiger partial charge in [-0.25, -0.2) is 0 Å². The second-order valence-electron chi connectivity index (χ2n) is 5.36. The summed E-state index contributed by atoms with van der Waals surface area (Å²) in [6.07, 6.45) is 0.727. The number of nitrogens with one attached hydrogen (secondary N) is 1. The minimum absolute atomic E-state index is 0. The molecule has 5 heteroatoms. The van der Waals surface area contributed by atoms with Gasteiger partial charge in [-0.05, 0) is 35.6 Å². The first kappa shape index (κ1) is 16.0. The fraction of sp³-hybridized carbons (Fsp3) is 0.176. The molecule has 4 nitrogen and oxygen atoms in total. The second-order valence-corrected chi connectivity index (χ2v) is 5.36. The molecule has 0 saturated carbocycles. The molecule has 2 amide bonds. The van der Waals surface area contributed by atoms with Crippen LogP contribution in [0.1, 0.15) is 44.7 Å². The van der Waals surface area contributed by atoms with E-state index >= 15 is 0 Å². The molecule has 1 unspecified atom stereocenters. The average molecular weight is 317 g/mol. The van der Waals surface area contributed by atoms with Gasteiger partial charge in [-0.1, -0.05) is 37.3 Å². The average Bonchev–Trinajstić information content (AvgIpc) is 2.77. The zero-order valence-corrected chi connectivity index (χ0v) is 12.9. The number of halogens is 1. The van der Waals surface area contributed by atoms with Gasteiger partial charge in [0.2, 0.25) is 0 Å². The third-order valence-corrected chi connectivity index (χ3v) is 3.91. The Morgan fingerprint density at radius 1 is 1.05 bits per heavy atom. The highest BCUT2D eigenvalue weighted by Crippen LogP contribution is 2.29. The van der Waals surface area contributed by atoms with Crippen LogP contribution in [-0.2, 0) is 6.42 Å². The van der Waals surface area contributed by atoms with Crippen LogP contribution in [0.5, 0.6) is 0 Å². The van der Waals surface area contributed by atoms with Crippen molar-refractivity contribution in [2.24, 2.45) is 0 Å². The zero-order valence-electron chi connectivity index (χ0n) is 12.1. The Hall–Kier alpha value is -2.33. The number of carbonyl (C=O) groups is 2. The number of nitrogen functional groups attached to an aromatic ring is 1. The van der Waals surface area contributed by atoms with E-state index < -0.39 is 0 Å². The normalized spacial score (nSPS) is 14.0. The van der Waals surface area contributed by atoms with Gasteiger partial charge in [-0.2, -0.15) is 0 Å². The molecule has 0 bridgehead atoms. The second kappa shape index (κ2) is 6.20. The fourth-order valence-electron chi connectivity index (χ4n) is 2.82. The maximum Gasteiger partial charge on any atom is 0.259 e. The third-order valence-electron chi connectivity index (χ3n) is 3.91. The van der Waals surface area contributed by atoms with Crippen LogP contribution >= 0.6 is 12.4 Å². The summed E-state index contributed by atoms with van der Waals surface area (Å²) >= 11 is 0. The molecule has 0 aliphatic carbocycles. The van der Waals surface area contributed by atoms with E-state index in [-0.39, 0.29) is 30.1 Å². The number of nitrogens with two attached hydrogens (primary N) is 1. The van der Waals surface area contributed by atoms with Crippen molar-refractivity contribution < 1.29 is 9.59 Å². The van der Waals surface area contributed by atoms with E-state index in [0.29, 0.717) is 11.1 Å². The van der Waals surface area contributed by atoms with Gasteiger partial charge in [-0.15, -0.1) is 12.4 Å². The molecule has 0 saturated heterocycles. The van der Waals surface area contributed by atoms with Gasteiger partial charge in [0.1, 0.15) is 0 Å². The van der Waals surface area contributed by atoms with E-state index in [9.17, 15) is 9.59 Å². The topological polar surface area (TPSA) is 72.2 Å². The lowest BCUT2D eigenvalue weighted by Crippen LogP contribution is -2.20. The lowest BCUT2D eigenvalue weighted by Gasteiger charge is -2.15. The van der Waals surface area contributed by atoms with Crippen LogP contribution in [0.4, 0.5) is 5.69 Å². The Bertz CT molecular complexity index is 743. The van der Waals surface area contributed by atoms with E-state index in [2.05, 4.69) is 5.32 Å². The van der Waals surface area contributed by atoms with Crippen LogP contribution in [0, 0.1) is 0 Å². The van der Waals surface area contributed by atoms with Crippen molar-refractivity contribution in [3.8, 4) is 0 Å². The standard InChI is InChI=1S/C17H16N2O2.ClH/c1-10(9-11-5-2-3-8-14(11)18)12-6-4-7-13-15(12)17(21)19-16(13)20;/h2-8,10H,9,18H2,1H3,(H,19,20,21);1H. The molecule has 22 heavy (non-hydrogen) atoms. The summed E-state index contributed by atoms with van der Waals surface area (Å²) in [5.74, 6) is -0.525. The molecule has 1 aliphatic rings. The van der Waals surface area contributed by atoms with Crippen molar-refractivity contribution in [2.45, 2.75) is 19.3 Å². The first-order valence-corrected chi connectivity index (χ1v) is 6.90. The number of imide groups is 1. The number of amides is 2. The largest absolute Gasteiger partial charge is 0.399 e. The molecule has 114 valence electrons. The molecule has 0 spiro atoms. The number of carbonyl (C=O) groups excluding carboxylic acids is 2. The number of hydrogen-bond donors (Lipinski definition) is 2. The van der Waals surface area contributed by atoms with Crippen molar-refractivity contribution >= 4 is 29.9 Å². The predicted molar refractivity (Wildman–Crippen MR) is 88.5 cm³/mol. The Labute approximate surface area is 135 Å². The number of benzene rings is 2. The van der Waals surface area contributed by atoms with Gasteiger partial charge in [0, 0.05) is 5.69 Å². The van der Waals surface area contributed by atoms with Gasteiger partial charge in [0.05, 0.1) is 11.1 Å². The summed E-state index contributed by atoms with van der Waals surface area (Å²) in [4.78, 5) is 23.7. The zero-order chi connectivity index (χ0) is 15.0. The third kappa shape index (κ3) is 2.70. The Balaban J connectivity index is 0.00000176. The number of anilines is 1. The van der Waals surface area contributed by atoms with Gasteiger partial charge < -0.3 is 5.73 Å². The molecule has 0 radical (unpaired) electrons. The highest BCUT2D eigenvalue weighted by atomic mass is 35.5. The van der Waals surface area contributed by atoms with Gasteiger partial charge in [-0.3, -0.25) is 14.9 Å². The van der Waals surface area contributed by atoms with Gasteiger partial charge in [0.15, 0.2) is 0 Å². The Morgan fingerprint density at radius 3 is 2.50 bits per heavy atom. The summed E-state index contributed by atoms with van der Waals surface area (Å²) < 4.78 is 0. The van der Waals surface area contributed by atoms with Crippen LogP contribution in [0.2, 0.25) is 0 Å². The van der Waals surface area contributed by atoms with E-state index in [1.165, 1.54) is 0 Å². The number of para-hydroxylation sites is 1. The monoisotopic (exact) mass is 316 g/mol. The van der Waals surface area contributed by atoms with Crippen LogP contribution in [-0.4, -0.2) is 11.8 Å². The summed E-state index contributed by atoms with van der Waals surface area (Å²) in [5, 5.41) is 2.35. The van der Waals surface area contributed by atoms with E-state index in [1.807, 2.05) is 43.3 Å².